The van der Waals surface area contributed by atoms with E-state index in [1.54, 1.807) is 12.1 Å². The number of rotatable bonds is 5. The molecule has 3 heteroatoms. The number of phenolic OH excluding ortho intramolecular Hbond substituents is 1. The van der Waals surface area contributed by atoms with Crippen LogP contribution in [-0.2, 0) is 0 Å². The van der Waals surface area contributed by atoms with Crippen LogP contribution >= 0.6 is 0 Å². The highest BCUT2D eigenvalue weighted by Gasteiger charge is 2.10. The molecule has 0 saturated carbocycles. The van der Waals surface area contributed by atoms with Crippen LogP contribution in [0.4, 0.5) is 5.69 Å². The summed E-state index contributed by atoms with van der Waals surface area (Å²) in [7, 11) is 2.00. The molecule has 0 amide bonds. The third-order valence-corrected chi connectivity index (χ3v) is 3.31. The Balaban J connectivity index is 2.11. The predicted molar refractivity (Wildman–Crippen MR) is 84.8 cm³/mol. The Bertz CT molecular complexity index is 549. The summed E-state index contributed by atoms with van der Waals surface area (Å²) in [4.78, 5) is 2.10. The lowest BCUT2D eigenvalue weighted by atomic mass is 10.1. The van der Waals surface area contributed by atoms with Gasteiger partial charge in [0.1, 0.15) is 5.75 Å². The topological polar surface area (TPSA) is 49.5 Å². The van der Waals surface area contributed by atoms with Crippen LogP contribution in [0.2, 0.25) is 0 Å². The van der Waals surface area contributed by atoms with Crippen molar-refractivity contribution in [2.24, 2.45) is 5.73 Å². The van der Waals surface area contributed by atoms with Crippen LogP contribution in [-0.4, -0.2) is 24.7 Å². The molecule has 3 N–H and O–H groups in total. The molecular formula is C17H20N2O. The fraction of sp³-hybridized carbons (Fsp3) is 0.176. The molecule has 0 aliphatic heterocycles. The first-order chi connectivity index (χ1) is 9.70. The molecule has 2 aromatic rings. The molecule has 2 aromatic carbocycles. The van der Waals surface area contributed by atoms with Gasteiger partial charge in [0.05, 0.1) is 6.04 Å². The zero-order chi connectivity index (χ0) is 14.4. The summed E-state index contributed by atoms with van der Waals surface area (Å²) in [6.45, 7) is 0.528. The van der Waals surface area contributed by atoms with E-state index in [1.165, 1.54) is 0 Å². The van der Waals surface area contributed by atoms with E-state index < -0.39 is 0 Å². The number of hydrogen-bond acceptors (Lipinski definition) is 3. The SMILES string of the molecule is CN(c1ccc(O)cc1)C(/C=C\c1ccccc1)CN. The number of likely N-dealkylation sites (N-methyl/N-ethyl adjacent to an activating group) is 1. The predicted octanol–water partition coefficient (Wildman–Crippen LogP) is 2.87. The third kappa shape index (κ3) is 3.62. The molecule has 104 valence electrons. The van der Waals surface area contributed by atoms with Crippen molar-refractivity contribution < 1.29 is 5.11 Å². The summed E-state index contributed by atoms with van der Waals surface area (Å²) < 4.78 is 0. The van der Waals surface area contributed by atoms with Gasteiger partial charge in [-0.05, 0) is 29.8 Å². The van der Waals surface area contributed by atoms with E-state index in [-0.39, 0.29) is 11.8 Å². The minimum Gasteiger partial charge on any atom is -0.508 e. The Morgan fingerprint density at radius 3 is 2.35 bits per heavy atom. The van der Waals surface area contributed by atoms with E-state index in [2.05, 4.69) is 29.2 Å². The van der Waals surface area contributed by atoms with Gasteiger partial charge < -0.3 is 15.7 Å². The summed E-state index contributed by atoms with van der Waals surface area (Å²) in [6.07, 6.45) is 4.18. The monoisotopic (exact) mass is 268 g/mol. The molecule has 2 rings (SSSR count). The van der Waals surface area contributed by atoms with E-state index in [0.29, 0.717) is 6.54 Å². The van der Waals surface area contributed by atoms with Gasteiger partial charge in [0, 0.05) is 19.3 Å². The average Bonchev–Trinajstić information content (AvgIpc) is 2.49. The lowest BCUT2D eigenvalue weighted by Gasteiger charge is -2.26. The molecule has 0 spiro atoms. The first-order valence-electron chi connectivity index (χ1n) is 6.66. The molecule has 0 radical (unpaired) electrons. The summed E-state index contributed by atoms with van der Waals surface area (Å²) >= 11 is 0. The van der Waals surface area contributed by atoms with Gasteiger partial charge in [-0.3, -0.25) is 0 Å². The molecule has 3 nitrogen and oxygen atoms in total. The molecule has 0 saturated heterocycles. The number of aromatic hydroxyl groups is 1. The van der Waals surface area contributed by atoms with Gasteiger partial charge in [-0.1, -0.05) is 42.5 Å². The van der Waals surface area contributed by atoms with Crippen LogP contribution in [0, 0.1) is 0 Å². The summed E-state index contributed by atoms with van der Waals surface area (Å²) in [5.74, 6) is 0.270. The number of hydrogen-bond donors (Lipinski definition) is 2. The average molecular weight is 268 g/mol. The molecule has 0 aliphatic carbocycles. The second-order valence-corrected chi connectivity index (χ2v) is 4.70. The number of anilines is 1. The van der Waals surface area contributed by atoms with Gasteiger partial charge in [-0.25, -0.2) is 0 Å². The van der Waals surface area contributed by atoms with Crippen molar-refractivity contribution in [3.05, 3.63) is 66.2 Å². The van der Waals surface area contributed by atoms with Crippen molar-refractivity contribution >= 4 is 11.8 Å². The maximum absolute atomic E-state index is 9.33. The van der Waals surface area contributed by atoms with E-state index >= 15 is 0 Å². The minimum atomic E-state index is 0.111. The fourth-order valence-electron chi connectivity index (χ4n) is 2.03. The zero-order valence-electron chi connectivity index (χ0n) is 11.6. The maximum atomic E-state index is 9.33. The lowest BCUT2D eigenvalue weighted by Crippen LogP contribution is -2.36. The second kappa shape index (κ2) is 6.78. The molecule has 0 aliphatic rings. The Kier molecular flexibility index (Phi) is 4.80. The van der Waals surface area contributed by atoms with Gasteiger partial charge in [0.25, 0.3) is 0 Å². The van der Waals surface area contributed by atoms with Gasteiger partial charge in [0.15, 0.2) is 0 Å². The highest BCUT2D eigenvalue weighted by molar-refractivity contribution is 5.54. The first-order valence-corrected chi connectivity index (χ1v) is 6.66. The van der Waals surface area contributed by atoms with Crippen molar-refractivity contribution in [2.45, 2.75) is 6.04 Å². The van der Waals surface area contributed by atoms with Crippen molar-refractivity contribution in [3.63, 3.8) is 0 Å². The van der Waals surface area contributed by atoms with Crippen LogP contribution in [0.15, 0.2) is 60.7 Å². The van der Waals surface area contributed by atoms with Gasteiger partial charge in [0.2, 0.25) is 0 Å². The van der Waals surface area contributed by atoms with Crippen LogP contribution in [0.3, 0.4) is 0 Å². The van der Waals surface area contributed by atoms with E-state index in [9.17, 15) is 5.11 Å². The van der Waals surface area contributed by atoms with Crippen molar-refractivity contribution in [1.29, 1.82) is 0 Å². The molecule has 0 heterocycles. The minimum absolute atomic E-state index is 0.111. The number of benzene rings is 2. The smallest absolute Gasteiger partial charge is 0.115 e. The molecule has 1 unspecified atom stereocenters. The van der Waals surface area contributed by atoms with Crippen molar-refractivity contribution in [3.8, 4) is 5.75 Å². The molecule has 20 heavy (non-hydrogen) atoms. The maximum Gasteiger partial charge on any atom is 0.115 e. The number of nitrogens with zero attached hydrogens (tertiary/aromatic N) is 1. The summed E-state index contributed by atoms with van der Waals surface area (Å²) in [5, 5.41) is 9.33. The van der Waals surface area contributed by atoms with Gasteiger partial charge in [-0.15, -0.1) is 0 Å². The lowest BCUT2D eigenvalue weighted by molar-refractivity contribution is 0.475. The van der Waals surface area contributed by atoms with Crippen molar-refractivity contribution in [1.82, 2.24) is 0 Å². The molecule has 0 aromatic heterocycles. The fourth-order valence-corrected chi connectivity index (χ4v) is 2.03. The van der Waals surface area contributed by atoms with Crippen LogP contribution in [0.1, 0.15) is 5.56 Å². The third-order valence-electron chi connectivity index (χ3n) is 3.31. The second-order valence-electron chi connectivity index (χ2n) is 4.70. The van der Waals surface area contributed by atoms with E-state index in [0.717, 1.165) is 11.3 Å². The Morgan fingerprint density at radius 1 is 1.10 bits per heavy atom. The largest absolute Gasteiger partial charge is 0.508 e. The number of nitrogens with two attached hydrogens (primary N) is 1. The first kappa shape index (κ1) is 14.2. The summed E-state index contributed by atoms with van der Waals surface area (Å²) in [5.41, 5.74) is 8.04. The zero-order valence-corrected chi connectivity index (χ0v) is 11.6. The molecule has 0 bridgehead atoms. The van der Waals surface area contributed by atoms with Crippen LogP contribution in [0.25, 0.3) is 6.08 Å². The molecule has 0 fully saturated rings. The number of phenols is 1. The summed E-state index contributed by atoms with van der Waals surface area (Å²) in [6, 6.07) is 17.4. The van der Waals surface area contributed by atoms with E-state index in [1.807, 2.05) is 37.4 Å². The highest BCUT2D eigenvalue weighted by Crippen LogP contribution is 2.19. The van der Waals surface area contributed by atoms with Crippen LogP contribution < -0.4 is 10.6 Å². The quantitative estimate of drug-likeness (QED) is 0.876. The Morgan fingerprint density at radius 2 is 1.75 bits per heavy atom. The molecule has 1 atom stereocenters. The van der Waals surface area contributed by atoms with Crippen LogP contribution in [0.5, 0.6) is 5.75 Å². The normalized spacial score (nSPS) is 12.5. The highest BCUT2D eigenvalue weighted by atomic mass is 16.3. The molecular weight excluding hydrogens is 248 g/mol. The van der Waals surface area contributed by atoms with Gasteiger partial charge >= 0.3 is 0 Å². The van der Waals surface area contributed by atoms with E-state index in [4.69, 9.17) is 5.73 Å². The Hall–Kier alpha value is -2.26. The standard InChI is InChI=1S/C17H20N2O/c1-19(15-9-11-17(20)12-10-15)16(13-18)8-7-14-5-3-2-4-6-14/h2-12,16,20H,13,18H2,1H3/b8-7-. The van der Waals surface area contributed by atoms with Gasteiger partial charge in [-0.2, -0.15) is 0 Å². The van der Waals surface area contributed by atoms with Crippen molar-refractivity contribution in [2.75, 3.05) is 18.5 Å². The Labute approximate surface area is 120 Å².